The Hall–Kier alpha value is -3.85. The first-order valence-electron chi connectivity index (χ1n) is 10.9. The number of nitrogens with one attached hydrogen (secondary N) is 1. The molecular weight excluding hydrogens is 468 g/mol. The van der Waals surface area contributed by atoms with Gasteiger partial charge in [0.25, 0.3) is 5.56 Å². The number of methoxy groups -OCH3 is 1. The fourth-order valence-corrected chi connectivity index (χ4v) is 4.56. The van der Waals surface area contributed by atoms with Gasteiger partial charge < -0.3 is 8.92 Å². The molecule has 3 aromatic carbocycles. The molecule has 0 saturated carbocycles. The van der Waals surface area contributed by atoms with E-state index in [1.807, 2.05) is 51.1 Å². The second-order valence-corrected chi connectivity index (χ2v) is 10.8. The first-order valence-corrected chi connectivity index (χ1v) is 12.7. The number of rotatable bonds is 5. The molecule has 182 valence electrons. The predicted octanol–water partition coefficient (Wildman–Crippen LogP) is 3.99. The minimum absolute atomic E-state index is 0.135. The van der Waals surface area contributed by atoms with Crippen LogP contribution in [0.5, 0.6) is 11.5 Å². The summed E-state index contributed by atoms with van der Waals surface area (Å²) in [6, 6.07) is 15.7. The zero-order valence-electron chi connectivity index (χ0n) is 20.1. The molecule has 9 heteroatoms. The van der Waals surface area contributed by atoms with Crippen LogP contribution in [-0.2, 0) is 15.5 Å². The average molecular weight is 495 g/mol. The summed E-state index contributed by atoms with van der Waals surface area (Å²) in [5.74, 6) is 0.656. The summed E-state index contributed by atoms with van der Waals surface area (Å²) in [4.78, 5) is 26.6. The molecule has 8 nitrogen and oxygen atoms in total. The van der Waals surface area contributed by atoms with E-state index in [2.05, 4.69) is 4.98 Å². The van der Waals surface area contributed by atoms with Crippen molar-refractivity contribution in [3.8, 4) is 28.3 Å². The molecule has 0 unspecified atom stereocenters. The molecule has 0 bridgehead atoms. The minimum atomic E-state index is -3.84. The molecular formula is C26H26N2O6S. The van der Waals surface area contributed by atoms with E-state index < -0.39 is 26.8 Å². The van der Waals surface area contributed by atoms with Crippen molar-refractivity contribution in [1.29, 1.82) is 0 Å². The monoisotopic (exact) mass is 494 g/mol. The number of fused-ring (bicyclic) bond motifs is 1. The van der Waals surface area contributed by atoms with Crippen LogP contribution in [-0.4, -0.2) is 31.3 Å². The molecule has 35 heavy (non-hydrogen) atoms. The van der Waals surface area contributed by atoms with Crippen molar-refractivity contribution in [2.45, 2.75) is 26.2 Å². The number of aromatic amines is 1. The van der Waals surface area contributed by atoms with Gasteiger partial charge >= 0.3 is 15.8 Å². The second-order valence-electron chi connectivity index (χ2n) is 9.25. The Kier molecular flexibility index (Phi) is 6.06. The molecule has 0 aliphatic rings. The molecule has 4 rings (SSSR count). The zero-order chi connectivity index (χ0) is 25.5. The van der Waals surface area contributed by atoms with Crippen LogP contribution >= 0.6 is 0 Å². The second kappa shape index (κ2) is 8.74. The Balaban J connectivity index is 2.19. The molecule has 0 atom stereocenters. The zero-order valence-corrected chi connectivity index (χ0v) is 20.9. The Morgan fingerprint density at radius 1 is 0.971 bits per heavy atom. The number of nitrogens with zero attached hydrogens (tertiary/aromatic N) is 1. The summed E-state index contributed by atoms with van der Waals surface area (Å²) in [6.07, 6.45) is 2.39. The van der Waals surface area contributed by atoms with Gasteiger partial charge in [-0.2, -0.15) is 8.42 Å². The van der Waals surface area contributed by atoms with Gasteiger partial charge in [0.1, 0.15) is 5.75 Å². The maximum absolute atomic E-state index is 12.6. The molecule has 4 aromatic rings. The topological polar surface area (TPSA) is 107 Å². The summed E-state index contributed by atoms with van der Waals surface area (Å²) in [7, 11) is -2.30. The van der Waals surface area contributed by atoms with Gasteiger partial charge in [0.2, 0.25) is 0 Å². The lowest BCUT2D eigenvalue weighted by molar-refractivity contribution is 0.399. The van der Waals surface area contributed by atoms with Gasteiger partial charge in [-0.15, -0.1) is 0 Å². The number of hydrogen-bond acceptors (Lipinski definition) is 6. The van der Waals surface area contributed by atoms with Crippen molar-refractivity contribution >= 4 is 20.9 Å². The molecule has 0 saturated heterocycles. The van der Waals surface area contributed by atoms with E-state index in [0.29, 0.717) is 22.6 Å². The Labute approximate surface area is 202 Å². The van der Waals surface area contributed by atoms with Crippen LogP contribution in [0.2, 0.25) is 0 Å². The van der Waals surface area contributed by atoms with Crippen LogP contribution in [0.3, 0.4) is 0 Å². The fourth-order valence-electron chi connectivity index (χ4n) is 4.10. The van der Waals surface area contributed by atoms with Crippen LogP contribution in [0.1, 0.15) is 26.3 Å². The quantitative estimate of drug-likeness (QED) is 0.421. The largest absolute Gasteiger partial charge is 0.496 e. The third-order valence-corrected chi connectivity index (χ3v) is 6.07. The maximum Gasteiger partial charge on any atom is 0.332 e. The van der Waals surface area contributed by atoms with Crippen molar-refractivity contribution in [3.63, 3.8) is 0 Å². The number of aromatic nitrogens is 2. The van der Waals surface area contributed by atoms with E-state index in [9.17, 15) is 18.0 Å². The SMILES string of the molecule is COc1c(-c2c(OS(C)(=O)=O)ccc3ccccc23)cc(-n2ccc(=O)[nH]c2=O)cc1C(C)(C)C. The molecule has 0 amide bonds. The summed E-state index contributed by atoms with van der Waals surface area (Å²) in [5, 5.41) is 1.62. The van der Waals surface area contributed by atoms with Crippen molar-refractivity contribution in [2.75, 3.05) is 13.4 Å². The maximum atomic E-state index is 12.6. The Bertz CT molecular complexity index is 1660. The van der Waals surface area contributed by atoms with E-state index in [1.54, 1.807) is 25.3 Å². The fraction of sp³-hybridized carbons (Fsp3) is 0.231. The lowest BCUT2D eigenvalue weighted by atomic mass is 9.83. The number of hydrogen-bond donors (Lipinski definition) is 1. The van der Waals surface area contributed by atoms with Gasteiger partial charge in [0.15, 0.2) is 5.75 Å². The van der Waals surface area contributed by atoms with Gasteiger partial charge in [0.05, 0.1) is 19.1 Å². The molecule has 1 aromatic heterocycles. The van der Waals surface area contributed by atoms with E-state index in [4.69, 9.17) is 8.92 Å². The standard InChI is InChI=1S/C26H26N2O6S/c1-26(2,3)20-15-17(28-13-12-22(29)27-25(28)30)14-19(24(20)33-4)23-18-9-7-6-8-16(18)10-11-21(23)34-35(5,31)32/h6-15H,1-5H3,(H,27,29,30). The van der Waals surface area contributed by atoms with Gasteiger partial charge in [-0.1, -0.05) is 51.1 Å². The third-order valence-electron chi connectivity index (χ3n) is 5.59. The van der Waals surface area contributed by atoms with Crippen LogP contribution in [0.4, 0.5) is 0 Å². The van der Waals surface area contributed by atoms with E-state index in [-0.39, 0.29) is 5.75 Å². The van der Waals surface area contributed by atoms with Crippen molar-refractivity contribution in [3.05, 3.63) is 87.2 Å². The summed E-state index contributed by atoms with van der Waals surface area (Å²) >= 11 is 0. The van der Waals surface area contributed by atoms with Crippen molar-refractivity contribution < 1.29 is 17.3 Å². The van der Waals surface area contributed by atoms with Crippen LogP contribution in [0.15, 0.2) is 70.4 Å². The van der Waals surface area contributed by atoms with Gasteiger partial charge in [0, 0.05) is 29.0 Å². The van der Waals surface area contributed by atoms with E-state index in [0.717, 1.165) is 22.6 Å². The smallest absolute Gasteiger partial charge is 0.332 e. The molecule has 0 aliphatic carbocycles. The lowest BCUT2D eigenvalue weighted by Gasteiger charge is -2.26. The van der Waals surface area contributed by atoms with Crippen molar-refractivity contribution in [2.24, 2.45) is 0 Å². The molecule has 0 aliphatic heterocycles. The summed E-state index contributed by atoms with van der Waals surface area (Å²) < 4.78 is 36.9. The van der Waals surface area contributed by atoms with Gasteiger partial charge in [-0.3, -0.25) is 14.3 Å². The normalized spacial score (nSPS) is 12.0. The van der Waals surface area contributed by atoms with Crippen LogP contribution < -0.4 is 20.2 Å². The molecule has 1 N–H and O–H groups in total. The number of H-pyrrole nitrogens is 1. The highest BCUT2D eigenvalue weighted by molar-refractivity contribution is 7.86. The molecule has 0 radical (unpaired) electrons. The number of benzene rings is 3. The third kappa shape index (κ3) is 4.85. The highest BCUT2D eigenvalue weighted by atomic mass is 32.2. The predicted molar refractivity (Wildman–Crippen MR) is 136 cm³/mol. The first-order chi connectivity index (χ1) is 16.4. The lowest BCUT2D eigenvalue weighted by Crippen LogP contribution is -2.28. The Morgan fingerprint density at radius 3 is 2.31 bits per heavy atom. The van der Waals surface area contributed by atoms with Gasteiger partial charge in [-0.05, 0) is 34.4 Å². The molecule has 1 heterocycles. The van der Waals surface area contributed by atoms with Gasteiger partial charge in [-0.25, -0.2) is 4.79 Å². The average Bonchev–Trinajstić information content (AvgIpc) is 2.76. The minimum Gasteiger partial charge on any atom is -0.496 e. The first kappa shape index (κ1) is 24.3. The highest BCUT2D eigenvalue weighted by Crippen LogP contribution is 2.46. The molecule has 0 spiro atoms. The van der Waals surface area contributed by atoms with E-state index >= 15 is 0 Å². The highest BCUT2D eigenvalue weighted by Gasteiger charge is 2.27. The summed E-state index contributed by atoms with van der Waals surface area (Å²) in [6.45, 7) is 6.02. The van der Waals surface area contributed by atoms with Crippen LogP contribution in [0, 0.1) is 0 Å². The molecule has 0 fully saturated rings. The van der Waals surface area contributed by atoms with E-state index in [1.165, 1.54) is 16.8 Å². The van der Waals surface area contributed by atoms with Crippen LogP contribution in [0.25, 0.3) is 27.6 Å². The number of ether oxygens (including phenoxy) is 1. The summed E-state index contributed by atoms with van der Waals surface area (Å²) in [5.41, 5.74) is 0.797. The Morgan fingerprint density at radius 2 is 1.69 bits per heavy atom. The van der Waals surface area contributed by atoms with Crippen molar-refractivity contribution in [1.82, 2.24) is 9.55 Å².